The molecule has 3 rings (SSSR count). The Morgan fingerprint density at radius 3 is 2.50 bits per heavy atom. The van der Waals surface area contributed by atoms with Crippen molar-refractivity contribution >= 4 is 33.2 Å². The summed E-state index contributed by atoms with van der Waals surface area (Å²) in [6.07, 6.45) is 2.13. The van der Waals surface area contributed by atoms with Gasteiger partial charge in [-0.15, -0.1) is 0 Å². The number of amides is 1. The van der Waals surface area contributed by atoms with Gasteiger partial charge in [0.25, 0.3) is 15.9 Å². The van der Waals surface area contributed by atoms with E-state index in [0.29, 0.717) is 22.2 Å². The number of anilines is 1. The highest BCUT2D eigenvalue weighted by Gasteiger charge is 2.23. The second-order valence-electron chi connectivity index (χ2n) is 6.61. The Morgan fingerprint density at radius 1 is 1.15 bits per heavy atom. The van der Waals surface area contributed by atoms with Crippen LogP contribution in [0.25, 0.3) is 0 Å². The first-order chi connectivity index (χ1) is 12.4. The minimum Gasteiger partial charge on any atom is -0.338 e. The fraction of sp³-hybridized carbons (Fsp3) is 0.316. The van der Waals surface area contributed by atoms with E-state index in [2.05, 4.69) is 11.6 Å². The number of sulfonamides is 1. The van der Waals surface area contributed by atoms with Crippen LogP contribution in [0.3, 0.4) is 0 Å². The second kappa shape index (κ2) is 7.68. The maximum atomic E-state index is 12.6. The number of nitrogens with one attached hydrogen (secondary N) is 1. The van der Waals surface area contributed by atoms with Gasteiger partial charge >= 0.3 is 0 Å². The van der Waals surface area contributed by atoms with Crippen LogP contribution >= 0.6 is 11.6 Å². The second-order valence-corrected chi connectivity index (χ2v) is 8.70. The van der Waals surface area contributed by atoms with E-state index in [-0.39, 0.29) is 10.8 Å². The third-order valence-electron chi connectivity index (χ3n) is 4.47. The fourth-order valence-electron chi connectivity index (χ4n) is 3.08. The highest BCUT2D eigenvalue weighted by molar-refractivity contribution is 7.92. The zero-order chi connectivity index (χ0) is 18.7. The highest BCUT2D eigenvalue weighted by Crippen LogP contribution is 2.24. The summed E-state index contributed by atoms with van der Waals surface area (Å²) in [5, 5.41) is 0.321. The summed E-state index contributed by atoms with van der Waals surface area (Å²) >= 11 is 6.01. The lowest BCUT2D eigenvalue weighted by atomic mass is 9.99. The molecule has 26 heavy (non-hydrogen) atoms. The molecule has 5 nitrogen and oxygen atoms in total. The van der Waals surface area contributed by atoms with Crippen LogP contribution in [0, 0.1) is 5.92 Å². The molecule has 1 saturated heterocycles. The lowest BCUT2D eigenvalue weighted by Gasteiger charge is -2.31. The van der Waals surface area contributed by atoms with Crippen LogP contribution in [0.15, 0.2) is 53.4 Å². The number of hydrogen-bond donors (Lipinski definition) is 1. The molecule has 2 aromatic rings. The van der Waals surface area contributed by atoms with Crippen LogP contribution in [0.4, 0.5) is 5.69 Å². The van der Waals surface area contributed by atoms with E-state index in [1.165, 1.54) is 12.1 Å². The van der Waals surface area contributed by atoms with Crippen molar-refractivity contribution in [1.29, 1.82) is 0 Å². The number of halogens is 1. The molecule has 0 aromatic heterocycles. The summed E-state index contributed by atoms with van der Waals surface area (Å²) in [7, 11) is -3.77. The molecule has 1 amide bonds. The van der Waals surface area contributed by atoms with Crippen molar-refractivity contribution in [3.05, 3.63) is 59.1 Å². The minimum atomic E-state index is -3.77. The Labute approximate surface area is 159 Å². The maximum absolute atomic E-state index is 12.6. The fourth-order valence-corrected chi connectivity index (χ4v) is 4.40. The van der Waals surface area contributed by atoms with Crippen molar-refractivity contribution < 1.29 is 13.2 Å². The lowest BCUT2D eigenvalue weighted by Crippen LogP contribution is -2.39. The topological polar surface area (TPSA) is 66.5 Å². The van der Waals surface area contributed by atoms with Gasteiger partial charge in [0.2, 0.25) is 0 Å². The Morgan fingerprint density at radius 2 is 1.85 bits per heavy atom. The summed E-state index contributed by atoms with van der Waals surface area (Å²) < 4.78 is 27.5. The van der Waals surface area contributed by atoms with Crippen molar-refractivity contribution in [1.82, 2.24) is 4.90 Å². The number of carbonyl (C=O) groups is 1. The molecular weight excluding hydrogens is 372 g/mol. The molecule has 1 aliphatic heterocycles. The Bertz CT molecular complexity index is 897. The molecule has 0 bridgehead atoms. The van der Waals surface area contributed by atoms with Crippen molar-refractivity contribution in [2.45, 2.75) is 24.7 Å². The summed E-state index contributed by atoms with van der Waals surface area (Å²) in [6, 6.07) is 12.6. The van der Waals surface area contributed by atoms with E-state index in [9.17, 15) is 13.2 Å². The molecule has 1 N–H and O–H groups in total. The third kappa shape index (κ3) is 4.19. The van der Waals surface area contributed by atoms with Crippen molar-refractivity contribution in [2.75, 3.05) is 17.8 Å². The zero-order valence-corrected chi connectivity index (χ0v) is 16.1. The number of likely N-dealkylation sites (tertiary alicyclic amines) is 1. The Hall–Kier alpha value is -2.05. The lowest BCUT2D eigenvalue weighted by molar-refractivity contribution is 0.0683. The van der Waals surface area contributed by atoms with E-state index in [0.717, 1.165) is 25.9 Å². The summed E-state index contributed by atoms with van der Waals surface area (Å²) in [5.41, 5.74) is 0.812. The largest absolute Gasteiger partial charge is 0.338 e. The summed E-state index contributed by atoms with van der Waals surface area (Å²) in [5.74, 6) is 0.437. The van der Waals surface area contributed by atoms with Gasteiger partial charge in [0.1, 0.15) is 0 Å². The molecular formula is C19H21ClN2O3S. The van der Waals surface area contributed by atoms with E-state index in [4.69, 9.17) is 11.6 Å². The molecule has 138 valence electrons. The molecule has 1 fully saturated rings. The molecule has 0 radical (unpaired) electrons. The molecule has 0 unspecified atom stereocenters. The van der Waals surface area contributed by atoms with Crippen LogP contribution in [-0.4, -0.2) is 32.3 Å². The zero-order valence-electron chi connectivity index (χ0n) is 14.5. The number of piperidine rings is 1. The quantitative estimate of drug-likeness (QED) is 0.854. The van der Waals surface area contributed by atoms with Crippen molar-refractivity contribution in [3.63, 3.8) is 0 Å². The van der Waals surface area contributed by atoms with Gasteiger partial charge < -0.3 is 4.90 Å². The molecule has 1 aliphatic rings. The molecule has 1 atom stereocenters. The first-order valence-corrected chi connectivity index (χ1v) is 10.4. The van der Waals surface area contributed by atoms with Crippen LogP contribution in [-0.2, 0) is 10.0 Å². The van der Waals surface area contributed by atoms with E-state index in [1.807, 2.05) is 4.90 Å². The normalized spacial score (nSPS) is 17.8. The van der Waals surface area contributed by atoms with Gasteiger partial charge in [-0.25, -0.2) is 8.42 Å². The molecule has 0 spiro atoms. The van der Waals surface area contributed by atoms with Gasteiger partial charge in [0.05, 0.1) is 15.6 Å². The van der Waals surface area contributed by atoms with Gasteiger partial charge in [0.15, 0.2) is 0 Å². The molecule has 0 aliphatic carbocycles. The minimum absolute atomic E-state index is 0.0560. The van der Waals surface area contributed by atoms with Crippen LogP contribution < -0.4 is 4.72 Å². The Kier molecular flexibility index (Phi) is 5.53. The number of para-hydroxylation sites is 1. The first kappa shape index (κ1) is 18.7. The van der Waals surface area contributed by atoms with Gasteiger partial charge in [0, 0.05) is 18.7 Å². The first-order valence-electron chi connectivity index (χ1n) is 8.53. The predicted molar refractivity (Wildman–Crippen MR) is 103 cm³/mol. The SMILES string of the molecule is C[C@H]1CCCN(C(=O)c2ccc(S(=O)(=O)Nc3ccccc3Cl)cc2)C1. The van der Waals surface area contributed by atoms with E-state index < -0.39 is 10.0 Å². The average Bonchev–Trinajstić information content (AvgIpc) is 2.63. The highest BCUT2D eigenvalue weighted by atomic mass is 35.5. The van der Waals surface area contributed by atoms with Crippen molar-refractivity contribution in [2.24, 2.45) is 5.92 Å². The van der Waals surface area contributed by atoms with Crippen LogP contribution in [0.2, 0.25) is 5.02 Å². The predicted octanol–water partition coefficient (Wildman–Crippen LogP) is 4.01. The van der Waals surface area contributed by atoms with Crippen LogP contribution in [0.5, 0.6) is 0 Å². The third-order valence-corrected chi connectivity index (χ3v) is 6.18. The molecule has 0 saturated carbocycles. The van der Waals surface area contributed by atoms with Crippen molar-refractivity contribution in [3.8, 4) is 0 Å². The Balaban J connectivity index is 1.76. The van der Waals surface area contributed by atoms with E-state index >= 15 is 0 Å². The number of carbonyl (C=O) groups excluding carboxylic acids is 1. The standard InChI is InChI=1S/C19H21ClN2O3S/c1-14-5-4-12-22(13-14)19(23)15-8-10-16(11-9-15)26(24,25)21-18-7-3-2-6-17(18)20/h2-3,6-11,14,21H,4-5,12-13H2,1H3/t14-/m0/s1. The summed E-state index contributed by atoms with van der Waals surface area (Å²) in [4.78, 5) is 14.5. The number of rotatable bonds is 4. The monoisotopic (exact) mass is 392 g/mol. The maximum Gasteiger partial charge on any atom is 0.261 e. The molecule has 2 aromatic carbocycles. The smallest absolute Gasteiger partial charge is 0.261 e. The number of nitrogens with zero attached hydrogens (tertiary/aromatic N) is 1. The molecule has 1 heterocycles. The number of hydrogen-bond acceptors (Lipinski definition) is 3. The summed E-state index contributed by atoms with van der Waals surface area (Å²) in [6.45, 7) is 3.62. The average molecular weight is 393 g/mol. The van der Waals surface area contributed by atoms with E-state index in [1.54, 1.807) is 36.4 Å². The van der Waals surface area contributed by atoms with Crippen LogP contribution in [0.1, 0.15) is 30.1 Å². The van der Waals surface area contributed by atoms with Gasteiger partial charge in [-0.2, -0.15) is 0 Å². The van der Waals surface area contributed by atoms with Gasteiger partial charge in [-0.3, -0.25) is 9.52 Å². The van der Waals surface area contributed by atoms with Gasteiger partial charge in [-0.1, -0.05) is 30.7 Å². The molecule has 7 heteroatoms. The number of benzene rings is 2. The van der Waals surface area contributed by atoms with Gasteiger partial charge in [-0.05, 0) is 55.2 Å².